The summed E-state index contributed by atoms with van der Waals surface area (Å²) in [5, 5.41) is 10.4. The number of hydrogen-bond acceptors (Lipinski definition) is 3. The Kier molecular flexibility index (Phi) is 4.61. The van der Waals surface area contributed by atoms with Crippen LogP contribution in [0.25, 0.3) is 0 Å². The molecule has 0 radical (unpaired) electrons. The fraction of sp³-hybridized carbons (Fsp3) is 0.625. The van der Waals surface area contributed by atoms with Crippen LogP contribution in [0.5, 0.6) is 0 Å². The lowest BCUT2D eigenvalue weighted by atomic mass is 10.0. The van der Waals surface area contributed by atoms with Gasteiger partial charge in [0.2, 0.25) is 0 Å². The number of rotatable bonds is 3. The highest BCUT2D eigenvalue weighted by Gasteiger charge is 2.24. The molecule has 1 fully saturated rings. The third kappa shape index (κ3) is 4.03. The van der Waals surface area contributed by atoms with E-state index >= 15 is 0 Å². The van der Waals surface area contributed by atoms with Crippen LogP contribution in [0.2, 0.25) is 0 Å². The number of nitrogens with zero attached hydrogens (tertiary/aromatic N) is 1. The van der Waals surface area contributed by atoms with Gasteiger partial charge < -0.3 is 9.84 Å². The number of β-amino-alcohol motifs (C(OH)–C–C–N with tert-alkyl or cyclic N) is 1. The van der Waals surface area contributed by atoms with Crippen LogP contribution in [0.4, 0.5) is 0 Å². The van der Waals surface area contributed by atoms with Gasteiger partial charge in [-0.25, -0.2) is 0 Å². The fourth-order valence-electron chi connectivity index (χ4n) is 2.99. The second-order valence-corrected chi connectivity index (χ2v) is 5.91. The van der Waals surface area contributed by atoms with Crippen molar-refractivity contribution < 1.29 is 9.84 Å². The Morgan fingerprint density at radius 3 is 2.21 bits per heavy atom. The van der Waals surface area contributed by atoms with Gasteiger partial charge in [0.1, 0.15) is 0 Å². The van der Waals surface area contributed by atoms with Crippen molar-refractivity contribution in [2.75, 3.05) is 19.6 Å². The van der Waals surface area contributed by atoms with Crippen LogP contribution >= 0.6 is 0 Å². The highest BCUT2D eigenvalue weighted by Crippen LogP contribution is 2.20. The van der Waals surface area contributed by atoms with Crippen LogP contribution in [0, 0.1) is 13.8 Å². The van der Waals surface area contributed by atoms with Crippen LogP contribution in [0.3, 0.4) is 0 Å². The molecule has 1 N–H and O–H groups in total. The molecule has 0 aromatic heterocycles. The van der Waals surface area contributed by atoms with E-state index in [-0.39, 0.29) is 12.2 Å². The Morgan fingerprint density at radius 1 is 1.16 bits per heavy atom. The summed E-state index contributed by atoms with van der Waals surface area (Å²) in [6, 6.07) is 6.28. The number of aliphatic hydroxyl groups excluding tert-OH is 1. The molecule has 3 atom stereocenters. The molecule has 3 heteroatoms. The first-order chi connectivity index (χ1) is 8.94. The molecule has 0 aliphatic carbocycles. The van der Waals surface area contributed by atoms with Gasteiger partial charge >= 0.3 is 0 Å². The van der Waals surface area contributed by atoms with E-state index < -0.39 is 6.10 Å². The molecule has 1 saturated heterocycles. The van der Waals surface area contributed by atoms with Crippen molar-refractivity contribution in [2.45, 2.75) is 46.0 Å². The van der Waals surface area contributed by atoms with Gasteiger partial charge in [0.25, 0.3) is 0 Å². The van der Waals surface area contributed by atoms with Gasteiger partial charge in [0.15, 0.2) is 0 Å². The first-order valence-corrected chi connectivity index (χ1v) is 7.08. The second-order valence-electron chi connectivity index (χ2n) is 5.91. The summed E-state index contributed by atoms with van der Waals surface area (Å²) in [6.45, 7) is 10.8. The van der Waals surface area contributed by atoms with Crippen LogP contribution < -0.4 is 0 Å². The minimum atomic E-state index is -0.420. The van der Waals surface area contributed by atoms with Gasteiger partial charge in [-0.2, -0.15) is 0 Å². The lowest BCUT2D eigenvalue weighted by Crippen LogP contribution is -2.46. The number of aryl methyl sites for hydroxylation is 2. The Bertz CT molecular complexity index is 403. The van der Waals surface area contributed by atoms with Crippen molar-refractivity contribution in [1.29, 1.82) is 0 Å². The molecule has 1 aromatic rings. The second kappa shape index (κ2) is 6.04. The third-order valence-corrected chi connectivity index (χ3v) is 3.56. The zero-order chi connectivity index (χ0) is 14.0. The van der Waals surface area contributed by atoms with Gasteiger partial charge in [-0.15, -0.1) is 0 Å². The lowest BCUT2D eigenvalue weighted by Gasteiger charge is -2.36. The average Bonchev–Trinajstić information content (AvgIpc) is 2.25. The van der Waals surface area contributed by atoms with E-state index in [0.29, 0.717) is 6.54 Å². The van der Waals surface area contributed by atoms with Crippen molar-refractivity contribution in [3.8, 4) is 0 Å². The zero-order valence-electron chi connectivity index (χ0n) is 12.4. The monoisotopic (exact) mass is 263 g/mol. The van der Waals surface area contributed by atoms with Crippen LogP contribution in [-0.4, -0.2) is 41.8 Å². The minimum absolute atomic E-state index is 0.246. The first-order valence-electron chi connectivity index (χ1n) is 7.08. The van der Waals surface area contributed by atoms with Crippen molar-refractivity contribution in [3.05, 3.63) is 34.9 Å². The standard InChI is InChI=1S/C16H25NO2/c1-11-5-12(2)7-15(6-11)16(18)10-17-8-13(3)19-14(4)9-17/h5-7,13-14,16,18H,8-10H2,1-4H3. The number of aliphatic hydroxyl groups is 1. The van der Waals surface area contributed by atoms with Gasteiger partial charge in [-0.1, -0.05) is 29.3 Å². The lowest BCUT2D eigenvalue weighted by molar-refractivity contribution is -0.0767. The largest absolute Gasteiger partial charge is 0.387 e. The van der Waals surface area contributed by atoms with E-state index in [1.54, 1.807) is 0 Å². The molecule has 3 nitrogen and oxygen atoms in total. The fourth-order valence-corrected chi connectivity index (χ4v) is 2.99. The van der Waals surface area contributed by atoms with Gasteiger partial charge in [0.05, 0.1) is 18.3 Å². The Labute approximate surface area is 116 Å². The topological polar surface area (TPSA) is 32.7 Å². The summed E-state index contributed by atoms with van der Waals surface area (Å²) >= 11 is 0. The summed E-state index contributed by atoms with van der Waals surface area (Å²) in [7, 11) is 0. The smallest absolute Gasteiger partial charge is 0.0917 e. The van der Waals surface area contributed by atoms with Crippen molar-refractivity contribution in [3.63, 3.8) is 0 Å². The van der Waals surface area contributed by atoms with Crippen molar-refractivity contribution >= 4 is 0 Å². The molecule has 0 amide bonds. The van der Waals surface area contributed by atoms with E-state index in [1.807, 2.05) is 0 Å². The molecular weight excluding hydrogens is 238 g/mol. The van der Waals surface area contributed by atoms with E-state index in [4.69, 9.17) is 4.74 Å². The first kappa shape index (κ1) is 14.5. The number of hydrogen-bond donors (Lipinski definition) is 1. The molecular formula is C16H25NO2. The van der Waals surface area contributed by atoms with E-state index in [2.05, 4.69) is 50.8 Å². The molecule has 0 saturated carbocycles. The summed E-state index contributed by atoms with van der Waals surface area (Å²) in [5.74, 6) is 0. The maximum atomic E-state index is 10.4. The van der Waals surface area contributed by atoms with Crippen LogP contribution in [0.15, 0.2) is 18.2 Å². The normalized spacial score (nSPS) is 26.4. The highest BCUT2D eigenvalue weighted by molar-refractivity contribution is 5.30. The maximum Gasteiger partial charge on any atom is 0.0917 e. The van der Waals surface area contributed by atoms with E-state index in [9.17, 15) is 5.11 Å². The Hall–Kier alpha value is -0.900. The third-order valence-electron chi connectivity index (χ3n) is 3.56. The molecule has 3 unspecified atom stereocenters. The number of morpholine rings is 1. The number of ether oxygens (including phenoxy) is 1. The average molecular weight is 263 g/mol. The number of benzene rings is 1. The van der Waals surface area contributed by atoms with Crippen molar-refractivity contribution in [2.24, 2.45) is 0 Å². The molecule has 2 rings (SSSR count). The Morgan fingerprint density at radius 2 is 1.68 bits per heavy atom. The maximum absolute atomic E-state index is 10.4. The molecule has 106 valence electrons. The van der Waals surface area contributed by atoms with Gasteiger partial charge in [-0.3, -0.25) is 4.90 Å². The predicted molar refractivity (Wildman–Crippen MR) is 77.3 cm³/mol. The summed E-state index contributed by atoms with van der Waals surface area (Å²) < 4.78 is 5.72. The summed E-state index contributed by atoms with van der Waals surface area (Å²) in [4.78, 5) is 2.29. The van der Waals surface area contributed by atoms with Crippen LogP contribution in [0.1, 0.15) is 36.6 Å². The molecule has 19 heavy (non-hydrogen) atoms. The molecule has 1 heterocycles. The molecule has 1 aliphatic rings. The summed E-state index contributed by atoms with van der Waals surface area (Å²) in [5.41, 5.74) is 3.43. The van der Waals surface area contributed by atoms with E-state index in [1.165, 1.54) is 11.1 Å². The molecule has 1 aromatic carbocycles. The zero-order valence-corrected chi connectivity index (χ0v) is 12.4. The quantitative estimate of drug-likeness (QED) is 0.909. The van der Waals surface area contributed by atoms with Gasteiger partial charge in [-0.05, 0) is 33.3 Å². The molecule has 0 spiro atoms. The summed E-state index contributed by atoms with van der Waals surface area (Å²) in [6.07, 6.45) is 0.0708. The molecule has 0 bridgehead atoms. The Balaban J connectivity index is 2.01. The predicted octanol–water partition coefficient (Wildman–Crippen LogP) is 2.45. The highest BCUT2D eigenvalue weighted by atomic mass is 16.5. The van der Waals surface area contributed by atoms with Gasteiger partial charge in [0, 0.05) is 19.6 Å². The van der Waals surface area contributed by atoms with Crippen molar-refractivity contribution in [1.82, 2.24) is 4.90 Å². The molecule has 1 aliphatic heterocycles. The SMILES string of the molecule is Cc1cc(C)cc(C(O)CN2CC(C)OC(C)C2)c1. The van der Waals surface area contributed by atoms with Crippen LogP contribution in [-0.2, 0) is 4.74 Å². The minimum Gasteiger partial charge on any atom is -0.387 e. The van der Waals surface area contributed by atoms with E-state index in [0.717, 1.165) is 18.7 Å².